The SMILES string of the molecule is CC(CC(=O)N1C[C@@H](O)C[C@H]1C(=O)O)(NC(=O)OCC1c2ccccc2-c2ccccc21)C1CC1. The molecule has 184 valence electrons. The number of β-amino-alcohol motifs (C(OH)–C–C–N with tert-alkyl or cyclic N) is 1. The van der Waals surface area contributed by atoms with E-state index in [9.17, 15) is 24.6 Å². The van der Waals surface area contributed by atoms with Crippen LogP contribution in [0, 0.1) is 5.92 Å². The second-order valence-electron chi connectivity index (χ2n) is 10.1. The van der Waals surface area contributed by atoms with Gasteiger partial charge in [-0.15, -0.1) is 0 Å². The molecule has 2 aromatic rings. The molecule has 1 saturated heterocycles. The van der Waals surface area contributed by atoms with Gasteiger partial charge in [-0.25, -0.2) is 9.59 Å². The zero-order valence-corrected chi connectivity index (χ0v) is 19.6. The summed E-state index contributed by atoms with van der Waals surface area (Å²) in [7, 11) is 0. The van der Waals surface area contributed by atoms with Gasteiger partial charge in [0.2, 0.25) is 5.91 Å². The number of benzene rings is 2. The molecular weight excluding hydrogens is 448 g/mol. The number of fused-ring (bicyclic) bond motifs is 3. The molecule has 0 bridgehead atoms. The number of likely N-dealkylation sites (tertiary alicyclic amines) is 1. The minimum absolute atomic E-state index is 0.0124. The fraction of sp³-hybridized carbons (Fsp3) is 0.444. The Morgan fingerprint density at radius 2 is 1.66 bits per heavy atom. The van der Waals surface area contributed by atoms with Gasteiger partial charge in [0.25, 0.3) is 0 Å². The van der Waals surface area contributed by atoms with Crippen LogP contribution in [0.1, 0.15) is 49.7 Å². The van der Waals surface area contributed by atoms with E-state index in [0.717, 1.165) is 35.1 Å². The molecule has 0 spiro atoms. The zero-order chi connectivity index (χ0) is 24.7. The molecule has 5 rings (SSSR count). The maximum absolute atomic E-state index is 13.0. The molecule has 1 saturated carbocycles. The van der Waals surface area contributed by atoms with Gasteiger partial charge in [0.05, 0.1) is 18.1 Å². The second kappa shape index (κ2) is 9.00. The number of carbonyl (C=O) groups excluding carboxylic acids is 2. The Bertz CT molecular complexity index is 1120. The van der Waals surface area contributed by atoms with E-state index in [1.807, 2.05) is 31.2 Å². The maximum Gasteiger partial charge on any atom is 0.407 e. The van der Waals surface area contributed by atoms with E-state index in [-0.39, 0.29) is 43.7 Å². The molecule has 3 atom stereocenters. The summed E-state index contributed by atoms with van der Waals surface area (Å²) >= 11 is 0. The fourth-order valence-corrected chi connectivity index (χ4v) is 5.62. The van der Waals surface area contributed by atoms with Crippen molar-refractivity contribution in [2.45, 2.75) is 56.2 Å². The highest BCUT2D eigenvalue weighted by atomic mass is 16.5. The molecule has 2 aliphatic carbocycles. The average molecular weight is 479 g/mol. The van der Waals surface area contributed by atoms with Crippen LogP contribution >= 0.6 is 0 Å². The maximum atomic E-state index is 13.0. The van der Waals surface area contributed by atoms with E-state index >= 15 is 0 Å². The van der Waals surface area contributed by atoms with Gasteiger partial charge >= 0.3 is 12.1 Å². The number of carboxylic acids is 1. The number of nitrogens with zero attached hydrogens (tertiary/aromatic N) is 1. The van der Waals surface area contributed by atoms with E-state index in [2.05, 4.69) is 29.6 Å². The molecule has 35 heavy (non-hydrogen) atoms. The first-order valence-electron chi connectivity index (χ1n) is 12.1. The predicted octanol–water partition coefficient (Wildman–Crippen LogP) is 3.13. The van der Waals surface area contributed by atoms with Crippen LogP contribution in [0.5, 0.6) is 0 Å². The van der Waals surface area contributed by atoms with Crippen molar-refractivity contribution in [2.24, 2.45) is 5.92 Å². The number of hydrogen-bond acceptors (Lipinski definition) is 5. The van der Waals surface area contributed by atoms with Crippen molar-refractivity contribution < 1.29 is 29.3 Å². The lowest BCUT2D eigenvalue weighted by atomic mass is 9.91. The molecule has 2 aromatic carbocycles. The Morgan fingerprint density at radius 3 is 2.23 bits per heavy atom. The zero-order valence-electron chi connectivity index (χ0n) is 19.6. The minimum atomic E-state index is -1.13. The largest absolute Gasteiger partial charge is 0.480 e. The first kappa shape index (κ1) is 23.4. The van der Waals surface area contributed by atoms with Crippen LogP contribution in [0.25, 0.3) is 11.1 Å². The van der Waals surface area contributed by atoms with Crippen molar-refractivity contribution in [3.63, 3.8) is 0 Å². The van der Waals surface area contributed by atoms with E-state index in [0.29, 0.717) is 0 Å². The number of ether oxygens (including phenoxy) is 1. The Hall–Kier alpha value is -3.39. The number of alkyl carbamates (subject to hydrolysis) is 1. The lowest BCUT2D eigenvalue weighted by Crippen LogP contribution is -2.52. The summed E-state index contributed by atoms with van der Waals surface area (Å²) in [4.78, 5) is 38.7. The number of rotatable bonds is 7. The number of aliphatic hydroxyl groups is 1. The summed E-state index contributed by atoms with van der Waals surface area (Å²) in [5, 5.41) is 22.3. The third-order valence-corrected chi connectivity index (χ3v) is 7.61. The standard InChI is InChI=1S/C27H30N2O6/c1-27(16-10-11-16,13-24(31)29-14-17(30)12-23(29)25(32)33)28-26(34)35-15-22-20-8-4-2-6-18(20)19-7-3-5-9-21(19)22/h2-9,16-17,22-23,30H,10-15H2,1H3,(H,28,34)(H,32,33)/t17-,23-,27?/m0/s1. The molecule has 8 nitrogen and oxygen atoms in total. The second-order valence-corrected chi connectivity index (χ2v) is 10.1. The number of amides is 2. The lowest BCUT2D eigenvalue weighted by molar-refractivity contribution is -0.148. The molecule has 1 unspecified atom stereocenters. The topological polar surface area (TPSA) is 116 Å². The summed E-state index contributed by atoms with van der Waals surface area (Å²) in [6.45, 7) is 1.97. The summed E-state index contributed by atoms with van der Waals surface area (Å²) in [6, 6.07) is 15.2. The summed E-state index contributed by atoms with van der Waals surface area (Å²) in [6.07, 6.45) is 0.267. The smallest absolute Gasteiger partial charge is 0.407 e. The minimum Gasteiger partial charge on any atom is -0.480 e. The highest BCUT2D eigenvalue weighted by Gasteiger charge is 2.47. The first-order chi connectivity index (χ1) is 16.8. The van der Waals surface area contributed by atoms with Crippen molar-refractivity contribution in [1.82, 2.24) is 10.2 Å². The third kappa shape index (κ3) is 4.50. The Labute approximate surface area is 203 Å². The monoisotopic (exact) mass is 478 g/mol. The lowest BCUT2D eigenvalue weighted by Gasteiger charge is -2.33. The number of nitrogens with one attached hydrogen (secondary N) is 1. The van der Waals surface area contributed by atoms with Gasteiger partial charge in [0.15, 0.2) is 0 Å². The van der Waals surface area contributed by atoms with Crippen LogP contribution in [0.15, 0.2) is 48.5 Å². The Kier molecular flexibility index (Phi) is 6.01. The van der Waals surface area contributed by atoms with Crippen LogP contribution < -0.4 is 5.32 Å². The number of aliphatic carboxylic acids is 1. The van der Waals surface area contributed by atoms with Gasteiger partial charge in [0.1, 0.15) is 12.6 Å². The van der Waals surface area contributed by atoms with Crippen molar-refractivity contribution in [3.05, 3.63) is 59.7 Å². The van der Waals surface area contributed by atoms with Crippen LogP contribution in [0.4, 0.5) is 4.79 Å². The van der Waals surface area contributed by atoms with Gasteiger partial charge in [0, 0.05) is 18.9 Å². The molecule has 2 amide bonds. The number of hydrogen-bond donors (Lipinski definition) is 3. The van der Waals surface area contributed by atoms with Crippen LogP contribution in [0.2, 0.25) is 0 Å². The third-order valence-electron chi connectivity index (χ3n) is 7.61. The van der Waals surface area contributed by atoms with Gasteiger partial charge in [-0.05, 0) is 47.9 Å². The van der Waals surface area contributed by atoms with E-state index in [1.54, 1.807) is 0 Å². The van der Waals surface area contributed by atoms with Gasteiger partial charge in [-0.2, -0.15) is 0 Å². The van der Waals surface area contributed by atoms with Crippen molar-refractivity contribution in [2.75, 3.05) is 13.2 Å². The highest BCUT2D eigenvalue weighted by Crippen LogP contribution is 2.45. The molecule has 0 aromatic heterocycles. The van der Waals surface area contributed by atoms with Gasteiger partial charge < -0.3 is 25.2 Å². The molecular formula is C27H30N2O6. The molecule has 0 radical (unpaired) electrons. The number of carbonyl (C=O) groups is 3. The fourth-order valence-electron chi connectivity index (χ4n) is 5.62. The van der Waals surface area contributed by atoms with E-state index < -0.39 is 29.7 Å². The highest BCUT2D eigenvalue weighted by molar-refractivity contribution is 5.85. The molecule has 1 heterocycles. The van der Waals surface area contributed by atoms with Crippen LogP contribution in [-0.2, 0) is 14.3 Å². The quantitative estimate of drug-likeness (QED) is 0.563. The molecule has 3 aliphatic rings. The summed E-state index contributed by atoms with van der Waals surface area (Å²) in [5.41, 5.74) is 3.68. The number of aliphatic hydroxyl groups excluding tert-OH is 1. The van der Waals surface area contributed by atoms with Crippen LogP contribution in [-0.4, -0.2) is 63.9 Å². The van der Waals surface area contributed by atoms with E-state index in [1.165, 1.54) is 4.90 Å². The van der Waals surface area contributed by atoms with Crippen molar-refractivity contribution in [1.29, 1.82) is 0 Å². The van der Waals surface area contributed by atoms with E-state index in [4.69, 9.17) is 4.74 Å². The molecule has 1 aliphatic heterocycles. The number of carboxylic acid groups (broad SMARTS) is 1. The Morgan fingerprint density at radius 1 is 1.06 bits per heavy atom. The summed E-state index contributed by atoms with van der Waals surface area (Å²) < 4.78 is 5.69. The molecule has 8 heteroatoms. The normalized spacial score (nSPS) is 22.7. The van der Waals surface area contributed by atoms with Gasteiger partial charge in [-0.3, -0.25) is 4.79 Å². The Balaban J connectivity index is 1.25. The molecule has 2 fully saturated rings. The van der Waals surface area contributed by atoms with Gasteiger partial charge in [-0.1, -0.05) is 48.5 Å². The predicted molar refractivity (Wildman–Crippen MR) is 128 cm³/mol. The van der Waals surface area contributed by atoms with Crippen molar-refractivity contribution in [3.8, 4) is 11.1 Å². The van der Waals surface area contributed by atoms with Crippen molar-refractivity contribution >= 4 is 18.0 Å². The first-order valence-corrected chi connectivity index (χ1v) is 12.1. The van der Waals surface area contributed by atoms with Crippen LogP contribution in [0.3, 0.4) is 0 Å². The summed E-state index contributed by atoms with van der Waals surface area (Å²) in [5.74, 6) is -1.47. The molecule has 3 N–H and O–H groups in total. The average Bonchev–Trinajstić information content (AvgIpc) is 3.55.